The molecular weight excluding hydrogens is 214 g/mol. The number of hydrogen-bond donors (Lipinski definition) is 1. The molecule has 0 heterocycles. The summed E-state index contributed by atoms with van der Waals surface area (Å²) in [5.41, 5.74) is 0.988. The summed E-state index contributed by atoms with van der Waals surface area (Å²) in [6, 6.07) is 10.2. The van der Waals surface area contributed by atoms with E-state index in [0.717, 1.165) is 5.56 Å². The summed E-state index contributed by atoms with van der Waals surface area (Å²) in [7, 11) is 0. The van der Waals surface area contributed by atoms with Crippen molar-refractivity contribution >= 4 is 5.97 Å². The molecule has 0 aliphatic heterocycles. The van der Waals surface area contributed by atoms with E-state index >= 15 is 0 Å². The monoisotopic (exact) mass is 235 g/mol. The molecule has 1 N–H and O–H groups in total. The zero-order valence-corrected chi connectivity index (χ0v) is 10.8. The molecule has 0 radical (unpaired) electrons. The maximum atomic E-state index is 11.6. The highest BCUT2D eigenvalue weighted by atomic mass is 16.5. The van der Waals surface area contributed by atoms with Crippen LogP contribution in [0.2, 0.25) is 0 Å². The Kier molecular flexibility index (Phi) is 5.70. The molecule has 3 nitrogen and oxygen atoms in total. The van der Waals surface area contributed by atoms with Crippen molar-refractivity contribution in [3.63, 3.8) is 0 Å². The van der Waals surface area contributed by atoms with E-state index < -0.39 is 0 Å². The Labute approximate surface area is 103 Å². The van der Waals surface area contributed by atoms with Gasteiger partial charge in [-0.2, -0.15) is 0 Å². The van der Waals surface area contributed by atoms with Crippen molar-refractivity contribution in [3.05, 3.63) is 35.9 Å². The summed E-state index contributed by atoms with van der Waals surface area (Å²) >= 11 is 0. The van der Waals surface area contributed by atoms with Gasteiger partial charge in [-0.25, -0.2) is 0 Å². The van der Waals surface area contributed by atoms with Gasteiger partial charge in [0.15, 0.2) is 0 Å². The number of nitrogens with one attached hydrogen (secondary N) is 1. The molecule has 1 atom stereocenters. The van der Waals surface area contributed by atoms with Crippen LogP contribution in [-0.2, 0) is 16.0 Å². The lowest BCUT2D eigenvalue weighted by molar-refractivity contribution is -0.143. The van der Waals surface area contributed by atoms with Crippen molar-refractivity contribution in [2.24, 2.45) is 0 Å². The highest BCUT2D eigenvalue weighted by Crippen LogP contribution is 2.01. The van der Waals surface area contributed by atoms with Crippen molar-refractivity contribution in [1.29, 1.82) is 0 Å². The lowest BCUT2D eigenvalue weighted by atomic mass is 10.2. The van der Waals surface area contributed by atoms with Crippen molar-refractivity contribution in [1.82, 2.24) is 5.32 Å². The molecule has 0 aromatic heterocycles. The fourth-order valence-corrected chi connectivity index (χ4v) is 1.65. The van der Waals surface area contributed by atoms with E-state index in [2.05, 4.69) is 19.2 Å². The van der Waals surface area contributed by atoms with Crippen LogP contribution < -0.4 is 5.32 Å². The Hall–Kier alpha value is -1.35. The molecule has 1 rings (SSSR count). The molecule has 0 spiro atoms. The van der Waals surface area contributed by atoms with Gasteiger partial charge in [-0.05, 0) is 12.5 Å². The molecule has 0 saturated carbocycles. The van der Waals surface area contributed by atoms with E-state index in [4.69, 9.17) is 4.74 Å². The molecule has 94 valence electrons. The van der Waals surface area contributed by atoms with Crippen molar-refractivity contribution in [3.8, 4) is 0 Å². The van der Waals surface area contributed by atoms with E-state index in [9.17, 15) is 4.79 Å². The molecule has 0 bridgehead atoms. The number of carbonyl (C=O) groups is 1. The Morgan fingerprint density at radius 2 is 1.88 bits per heavy atom. The highest BCUT2D eigenvalue weighted by Gasteiger charge is 2.08. The van der Waals surface area contributed by atoms with Crippen molar-refractivity contribution in [2.75, 3.05) is 6.61 Å². The van der Waals surface area contributed by atoms with E-state index in [1.54, 1.807) is 0 Å². The third-order valence-electron chi connectivity index (χ3n) is 2.30. The van der Waals surface area contributed by atoms with Crippen molar-refractivity contribution in [2.45, 2.75) is 39.3 Å². The second-order valence-electron chi connectivity index (χ2n) is 4.57. The van der Waals surface area contributed by atoms with Crippen LogP contribution in [0.15, 0.2) is 30.3 Å². The molecule has 1 aromatic carbocycles. The molecular formula is C14H21NO2. The molecule has 0 amide bonds. The number of benzene rings is 1. The molecule has 0 fully saturated rings. The van der Waals surface area contributed by atoms with Gasteiger partial charge in [0.2, 0.25) is 0 Å². The number of esters is 1. The first kappa shape index (κ1) is 13.7. The van der Waals surface area contributed by atoms with Gasteiger partial charge in [0.25, 0.3) is 0 Å². The highest BCUT2D eigenvalue weighted by molar-refractivity contribution is 5.72. The maximum absolute atomic E-state index is 11.6. The Morgan fingerprint density at radius 1 is 1.24 bits per heavy atom. The average Bonchev–Trinajstić information content (AvgIpc) is 2.27. The largest absolute Gasteiger partial charge is 0.464 e. The summed E-state index contributed by atoms with van der Waals surface area (Å²) in [6.45, 7) is 6.57. The maximum Gasteiger partial charge on any atom is 0.310 e. The van der Waals surface area contributed by atoms with Crippen LogP contribution in [0.4, 0.5) is 0 Å². The van der Waals surface area contributed by atoms with Crippen LogP contribution in [0.1, 0.15) is 26.3 Å². The molecule has 0 aliphatic carbocycles. The number of rotatable bonds is 6. The first-order valence-corrected chi connectivity index (χ1v) is 6.03. The predicted molar refractivity (Wildman–Crippen MR) is 68.8 cm³/mol. The van der Waals surface area contributed by atoms with Crippen LogP contribution in [0.3, 0.4) is 0 Å². The third-order valence-corrected chi connectivity index (χ3v) is 2.30. The lowest BCUT2D eigenvalue weighted by Crippen LogP contribution is -2.36. The van der Waals surface area contributed by atoms with Gasteiger partial charge in [0.05, 0.1) is 6.42 Å². The van der Waals surface area contributed by atoms with Gasteiger partial charge in [0.1, 0.15) is 6.61 Å². The Morgan fingerprint density at radius 3 is 2.47 bits per heavy atom. The lowest BCUT2D eigenvalue weighted by Gasteiger charge is -2.16. The molecule has 3 heteroatoms. The Balaban J connectivity index is 2.26. The van der Waals surface area contributed by atoms with Gasteiger partial charge in [-0.1, -0.05) is 44.2 Å². The quantitative estimate of drug-likeness (QED) is 0.768. The van der Waals surface area contributed by atoms with Gasteiger partial charge in [-0.3, -0.25) is 4.79 Å². The zero-order valence-electron chi connectivity index (χ0n) is 10.8. The fourth-order valence-electron chi connectivity index (χ4n) is 1.65. The topological polar surface area (TPSA) is 38.3 Å². The third kappa shape index (κ3) is 6.07. The predicted octanol–water partition coefficient (Wildman–Crippen LogP) is 2.16. The Bertz CT molecular complexity index is 335. The summed E-state index contributed by atoms with van der Waals surface area (Å²) < 4.78 is 5.21. The standard InChI is InChI=1S/C14H21NO2/c1-11(2)15-12(3)10-17-14(16)9-13-7-5-4-6-8-13/h4-8,11-12,15H,9-10H2,1-3H3. The van der Waals surface area contributed by atoms with Crippen LogP contribution >= 0.6 is 0 Å². The fraction of sp³-hybridized carbons (Fsp3) is 0.500. The van der Waals surface area contributed by atoms with Crippen LogP contribution in [0.5, 0.6) is 0 Å². The second-order valence-corrected chi connectivity index (χ2v) is 4.57. The van der Waals surface area contributed by atoms with Crippen LogP contribution in [-0.4, -0.2) is 24.7 Å². The van der Waals surface area contributed by atoms with Gasteiger partial charge in [-0.15, -0.1) is 0 Å². The van der Waals surface area contributed by atoms with E-state index in [0.29, 0.717) is 19.1 Å². The van der Waals surface area contributed by atoms with E-state index in [-0.39, 0.29) is 12.0 Å². The smallest absolute Gasteiger partial charge is 0.310 e. The summed E-state index contributed by atoms with van der Waals surface area (Å²) in [5.74, 6) is -0.173. The minimum Gasteiger partial charge on any atom is -0.464 e. The van der Waals surface area contributed by atoms with Crippen LogP contribution in [0, 0.1) is 0 Å². The van der Waals surface area contributed by atoms with E-state index in [1.165, 1.54) is 0 Å². The minimum atomic E-state index is -0.173. The number of carbonyl (C=O) groups excluding carboxylic acids is 1. The van der Waals surface area contributed by atoms with Crippen LogP contribution in [0.25, 0.3) is 0 Å². The average molecular weight is 235 g/mol. The molecule has 0 aliphatic rings. The van der Waals surface area contributed by atoms with Gasteiger partial charge in [0, 0.05) is 12.1 Å². The molecule has 1 unspecified atom stereocenters. The summed E-state index contributed by atoms with van der Waals surface area (Å²) in [4.78, 5) is 11.6. The second kappa shape index (κ2) is 7.07. The normalized spacial score (nSPS) is 12.5. The first-order chi connectivity index (χ1) is 8.08. The SMILES string of the molecule is CC(C)NC(C)COC(=O)Cc1ccccc1. The molecule has 1 aromatic rings. The molecule has 17 heavy (non-hydrogen) atoms. The number of hydrogen-bond acceptors (Lipinski definition) is 3. The summed E-state index contributed by atoms with van der Waals surface area (Å²) in [5, 5.41) is 3.28. The summed E-state index contributed by atoms with van der Waals surface area (Å²) in [6.07, 6.45) is 0.342. The molecule has 0 saturated heterocycles. The zero-order chi connectivity index (χ0) is 12.7. The van der Waals surface area contributed by atoms with Crippen molar-refractivity contribution < 1.29 is 9.53 Å². The van der Waals surface area contributed by atoms with E-state index in [1.807, 2.05) is 37.3 Å². The van der Waals surface area contributed by atoms with Gasteiger partial charge >= 0.3 is 5.97 Å². The first-order valence-electron chi connectivity index (χ1n) is 6.03. The minimum absolute atomic E-state index is 0.173. The number of ether oxygens (including phenoxy) is 1. The van der Waals surface area contributed by atoms with Gasteiger partial charge < -0.3 is 10.1 Å².